The first kappa shape index (κ1) is 24.3. The fourth-order valence-electron chi connectivity index (χ4n) is 4.97. The van der Waals surface area contributed by atoms with Gasteiger partial charge in [0.2, 0.25) is 5.91 Å². The zero-order valence-electron chi connectivity index (χ0n) is 19.7. The van der Waals surface area contributed by atoms with Gasteiger partial charge in [-0.05, 0) is 80.2 Å². The molecule has 8 heteroatoms. The van der Waals surface area contributed by atoms with Crippen molar-refractivity contribution in [2.45, 2.75) is 39.0 Å². The van der Waals surface area contributed by atoms with Crippen molar-refractivity contribution in [1.82, 2.24) is 9.80 Å². The molecule has 2 aliphatic heterocycles. The Labute approximate surface area is 205 Å². The largest absolute Gasteiger partial charge is 0.462 e. The summed E-state index contributed by atoms with van der Waals surface area (Å²) >= 11 is 1.64. The van der Waals surface area contributed by atoms with Gasteiger partial charge in [0.1, 0.15) is 0 Å². The second-order valence-electron chi connectivity index (χ2n) is 9.03. The Morgan fingerprint density at radius 3 is 2.12 bits per heavy atom. The van der Waals surface area contributed by atoms with Gasteiger partial charge in [-0.3, -0.25) is 4.79 Å². The Morgan fingerprint density at radius 2 is 1.56 bits per heavy atom. The lowest BCUT2D eigenvalue weighted by Gasteiger charge is -2.40. The lowest BCUT2D eigenvalue weighted by Crippen LogP contribution is -2.45. The summed E-state index contributed by atoms with van der Waals surface area (Å²) in [5, 5.41) is 4.95. The number of thiophene rings is 1. The van der Waals surface area contributed by atoms with Crippen LogP contribution in [0.2, 0.25) is 0 Å². The van der Waals surface area contributed by atoms with Crippen LogP contribution in [0.4, 0.5) is 10.5 Å². The predicted octanol–water partition coefficient (Wildman–Crippen LogP) is 4.65. The molecule has 2 saturated heterocycles. The van der Waals surface area contributed by atoms with E-state index in [-0.39, 0.29) is 17.9 Å². The molecule has 7 nitrogen and oxygen atoms in total. The molecule has 0 saturated carbocycles. The minimum Gasteiger partial charge on any atom is -0.462 e. The fraction of sp³-hybridized carbons (Fsp3) is 0.500. The summed E-state index contributed by atoms with van der Waals surface area (Å²) in [6.07, 6.45) is 4.63. The van der Waals surface area contributed by atoms with Crippen molar-refractivity contribution in [1.29, 1.82) is 0 Å². The van der Waals surface area contributed by atoms with E-state index in [0.717, 1.165) is 56.7 Å². The van der Waals surface area contributed by atoms with Gasteiger partial charge in [0.15, 0.2) is 0 Å². The number of nitrogens with one attached hydrogen (secondary N) is 1. The van der Waals surface area contributed by atoms with Gasteiger partial charge in [0, 0.05) is 36.7 Å². The van der Waals surface area contributed by atoms with E-state index in [9.17, 15) is 14.4 Å². The highest BCUT2D eigenvalue weighted by Gasteiger charge is 2.32. The van der Waals surface area contributed by atoms with Crippen LogP contribution in [0.25, 0.3) is 0 Å². The van der Waals surface area contributed by atoms with E-state index in [1.165, 1.54) is 0 Å². The van der Waals surface area contributed by atoms with E-state index >= 15 is 0 Å². The number of carbonyl (C=O) groups is 3. The van der Waals surface area contributed by atoms with Crippen molar-refractivity contribution < 1.29 is 19.1 Å². The van der Waals surface area contributed by atoms with Gasteiger partial charge < -0.3 is 19.9 Å². The van der Waals surface area contributed by atoms with Gasteiger partial charge in [0.25, 0.3) is 0 Å². The number of anilines is 1. The maximum Gasteiger partial charge on any atom is 0.338 e. The van der Waals surface area contributed by atoms with Crippen LogP contribution in [0, 0.1) is 11.8 Å². The first-order valence-electron chi connectivity index (χ1n) is 12.2. The summed E-state index contributed by atoms with van der Waals surface area (Å²) < 4.78 is 4.99. The standard InChI is InChI=1S/C26H33N3O4S/c1-2-33-25(31)21-5-7-22(8-6-21)27-26(32)29-15-11-20(12-16-29)19-9-13-28(14-10-19)24(30)18-23-4-3-17-34-23/h3-8,17,19-20H,2,9-16,18H2,1H3,(H,27,32). The number of urea groups is 1. The lowest BCUT2D eigenvalue weighted by molar-refractivity contribution is -0.132. The molecule has 3 heterocycles. The number of likely N-dealkylation sites (tertiary alicyclic amines) is 2. The molecule has 3 amide bonds. The number of rotatable bonds is 6. The molecule has 0 spiro atoms. The highest BCUT2D eigenvalue weighted by atomic mass is 32.1. The van der Waals surface area contributed by atoms with Crippen LogP contribution in [0.5, 0.6) is 0 Å². The summed E-state index contributed by atoms with van der Waals surface area (Å²) in [4.78, 5) is 42.0. The van der Waals surface area contributed by atoms with Crippen LogP contribution >= 0.6 is 11.3 Å². The maximum atomic E-state index is 12.7. The number of ether oxygens (including phenoxy) is 1. The molecule has 2 aliphatic rings. The van der Waals surface area contributed by atoms with E-state index in [1.807, 2.05) is 27.3 Å². The number of esters is 1. The van der Waals surface area contributed by atoms with Crippen molar-refractivity contribution >= 4 is 34.9 Å². The van der Waals surface area contributed by atoms with E-state index in [0.29, 0.717) is 36.1 Å². The van der Waals surface area contributed by atoms with E-state index in [1.54, 1.807) is 42.5 Å². The summed E-state index contributed by atoms with van der Waals surface area (Å²) in [5.41, 5.74) is 1.14. The molecule has 0 radical (unpaired) electrons. The molecule has 2 aromatic rings. The maximum absolute atomic E-state index is 12.7. The van der Waals surface area contributed by atoms with Crippen molar-refractivity contribution in [3.8, 4) is 0 Å². The van der Waals surface area contributed by atoms with Crippen molar-refractivity contribution in [2.24, 2.45) is 11.8 Å². The Hall–Kier alpha value is -2.87. The molecule has 0 unspecified atom stereocenters. The topological polar surface area (TPSA) is 79.0 Å². The highest BCUT2D eigenvalue weighted by Crippen LogP contribution is 2.33. The first-order valence-corrected chi connectivity index (χ1v) is 13.0. The van der Waals surface area contributed by atoms with E-state index in [2.05, 4.69) is 5.32 Å². The minimum atomic E-state index is -0.361. The molecule has 4 rings (SSSR count). The third kappa shape index (κ3) is 6.17. The molecule has 2 fully saturated rings. The van der Waals surface area contributed by atoms with Crippen LogP contribution in [0.15, 0.2) is 41.8 Å². The molecule has 0 atom stereocenters. The average molecular weight is 484 g/mol. The van der Waals surface area contributed by atoms with Crippen LogP contribution in [-0.2, 0) is 16.0 Å². The van der Waals surface area contributed by atoms with Crippen molar-refractivity contribution in [2.75, 3.05) is 38.1 Å². The molecule has 0 aliphatic carbocycles. The number of hydrogen-bond acceptors (Lipinski definition) is 5. The molecule has 0 bridgehead atoms. The lowest BCUT2D eigenvalue weighted by atomic mass is 9.79. The SMILES string of the molecule is CCOC(=O)c1ccc(NC(=O)N2CCC(C3CCN(C(=O)Cc4cccs4)CC3)CC2)cc1. The number of nitrogens with zero attached hydrogens (tertiary/aromatic N) is 2. The zero-order valence-corrected chi connectivity index (χ0v) is 20.5. The molecule has 1 aromatic heterocycles. The number of hydrogen-bond donors (Lipinski definition) is 1. The van der Waals surface area contributed by atoms with Crippen LogP contribution in [0.1, 0.15) is 47.8 Å². The third-order valence-corrected chi connectivity index (χ3v) is 7.82. The van der Waals surface area contributed by atoms with Gasteiger partial charge in [-0.2, -0.15) is 0 Å². The summed E-state index contributed by atoms with van der Waals surface area (Å²) in [6, 6.07) is 10.7. The second kappa shape index (κ2) is 11.5. The van der Waals surface area contributed by atoms with Gasteiger partial charge in [-0.15, -0.1) is 11.3 Å². The smallest absolute Gasteiger partial charge is 0.338 e. The van der Waals surface area contributed by atoms with Crippen LogP contribution < -0.4 is 5.32 Å². The zero-order chi connectivity index (χ0) is 23.9. The molecular formula is C26H33N3O4S. The van der Waals surface area contributed by atoms with E-state index in [4.69, 9.17) is 4.74 Å². The van der Waals surface area contributed by atoms with Gasteiger partial charge in [-0.25, -0.2) is 9.59 Å². The summed E-state index contributed by atoms with van der Waals surface area (Å²) in [5.74, 6) is 1.12. The Morgan fingerprint density at radius 1 is 0.941 bits per heavy atom. The molecule has 1 aromatic carbocycles. The molecule has 34 heavy (non-hydrogen) atoms. The van der Waals surface area contributed by atoms with Gasteiger partial charge >= 0.3 is 12.0 Å². The fourth-order valence-corrected chi connectivity index (χ4v) is 5.67. The Bertz CT molecular complexity index is 960. The second-order valence-corrected chi connectivity index (χ2v) is 10.1. The molecule has 182 valence electrons. The monoisotopic (exact) mass is 483 g/mol. The van der Waals surface area contributed by atoms with Crippen molar-refractivity contribution in [3.63, 3.8) is 0 Å². The highest BCUT2D eigenvalue weighted by molar-refractivity contribution is 7.10. The quantitative estimate of drug-likeness (QED) is 0.607. The van der Waals surface area contributed by atoms with Gasteiger partial charge in [0.05, 0.1) is 18.6 Å². The first-order chi connectivity index (χ1) is 16.5. The molecular weight excluding hydrogens is 450 g/mol. The van der Waals surface area contributed by atoms with E-state index < -0.39 is 0 Å². The van der Waals surface area contributed by atoms with Crippen molar-refractivity contribution in [3.05, 3.63) is 52.2 Å². The minimum absolute atomic E-state index is 0.101. The number of piperidine rings is 2. The van der Waals surface area contributed by atoms with Crippen LogP contribution in [-0.4, -0.2) is 60.5 Å². The molecule has 1 N–H and O–H groups in total. The average Bonchev–Trinajstić information content (AvgIpc) is 3.38. The van der Waals surface area contributed by atoms with Gasteiger partial charge in [-0.1, -0.05) is 6.07 Å². The predicted molar refractivity (Wildman–Crippen MR) is 133 cm³/mol. The summed E-state index contributed by atoms with van der Waals surface area (Å²) in [6.45, 7) is 5.28. The number of benzene rings is 1. The Balaban J connectivity index is 1.19. The van der Waals surface area contributed by atoms with Crippen LogP contribution in [0.3, 0.4) is 0 Å². The Kier molecular flexibility index (Phi) is 8.21. The number of amides is 3. The summed E-state index contributed by atoms with van der Waals surface area (Å²) in [7, 11) is 0. The normalized spacial score (nSPS) is 17.4. The number of carbonyl (C=O) groups excluding carboxylic acids is 3. The third-order valence-electron chi connectivity index (χ3n) is 6.94.